The van der Waals surface area contributed by atoms with Gasteiger partial charge in [-0.05, 0) is 5.56 Å². The molecule has 6 heteroatoms. The zero-order valence-corrected chi connectivity index (χ0v) is 11.5. The van der Waals surface area contributed by atoms with Crippen LogP contribution in [0, 0.1) is 0 Å². The highest BCUT2D eigenvalue weighted by molar-refractivity contribution is 7.84. The molecule has 19 heavy (non-hydrogen) atoms. The quantitative estimate of drug-likeness (QED) is 0.624. The predicted octanol–water partition coefficient (Wildman–Crippen LogP) is 1.09. The summed E-state index contributed by atoms with van der Waals surface area (Å²) >= 11 is 0. The molecule has 0 fully saturated rings. The molecule has 0 spiro atoms. The maximum Gasteiger partial charge on any atom is 0.248 e. The van der Waals surface area contributed by atoms with Crippen LogP contribution in [-0.4, -0.2) is 23.8 Å². The van der Waals surface area contributed by atoms with E-state index in [1.54, 1.807) is 6.20 Å². The Labute approximate surface area is 113 Å². The standard InChI is InChI=1S/C12H13N2.CH4O3S/c1-2-13-8-9-14(11-13)10-12-6-4-3-5-7-12;1-5(2,3)4/h2-9,11H,1,10H2;1H3,(H,2,3,4)/q+1;/p-1. The highest BCUT2D eigenvalue weighted by Gasteiger charge is 2.00. The highest BCUT2D eigenvalue weighted by Crippen LogP contribution is 1.97. The number of nitrogens with zero attached hydrogens (tertiary/aromatic N) is 2. The largest absolute Gasteiger partial charge is 0.748 e. The Balaban J connectivity index is 0.000000312. The minimum Gasteiger partial charge on any atom is -0.748 e. The van der Waals surface area contributed by atoms with Gasteiger partial charge in [0.15, 0.2) is 0 Å². The summed E-state index contributed by atoms with van der Waals surface area (Å²) in [4.78, 5) is 0. The van der Waals surface area contributed by atoms with E-state index >= 15 is 0 Å². The lowest BCUT2D eigenvalue weighted by Gasteiger charge is -1.95. The van der Waals surface area contributed by atoms with Crippen LogP contribution in [0.3, 0.4) is 0 Å². The topological polar surface area (TPSA) is 66.0 Å². The molecule has 0 aliphatic carbocycles. The van der Waals surface area contributed by atoms with E-state index in [9.17, 15) is 0 Å². The molecule has 1 aromatic carbocycles. The Morgan fingerprint density at radius 2 is 1.95 bits per heavy atom. The fourth-order valence-electron chi connectivity index (χ4n) is 1.41. The Bertz CT molecular complexity index is 610. The first kappa shape index (κ1) is 15.1. The van der Waals surface area contributed by atoms with Gasteiger partial charge in [-0.2, -0.15) is 0 Å². The summed E-state index contributed by atoms with van der Waals surface area (Å²) in [5.74, 6) is 0. The summed E-state index contributed by atoms with van der Waals surface area (Å²) in [7, 11) is -3.92. The molecular weight excluding hydrogens is 264 g/mol. The third-order valence-electron chi connectivity index (χ3n) is 2.13. The van der Waals surface area contributed by atoms with Gasteiger partial charge in [0.25, 0.3) is 0 Å². The van der Waals surface area contributed by atoms with Crippen LogP contribution in [0.25, 0.3) is 6.20 Å². The molecule has 0 atom stereocenters. The van der Waals surface area contributed by atoms with Gasteiger partial charge in [0.1, 0.15) is 18.9 Å². The van der Waals surface area contributed by atoms with Crippen molar-refractivity contribution >= 4 is 16.3 Å². The fourth-order valence-corrected chi connectivity index (χ4v) is 1.41. The Kier molecular flexibility index (Phi) is 5.47. The van der Waals surface area contributed by atoms with Crippen LogP contribution in [0.4, 0.5) is 0 Å². The monoisotopic (exact) mass is 280 g/mol. The van der Waals surface area contributed by atoms with Crippen LogP contribution >= 0.6 is 0 Å². The van der Waals surface area contributed by atoms with Gasteiger partial charge < -0.3 is 4.55 Å². The fraction of sp³-hybridized carbons (Fsp3) is 0.154. The number of aromatic nitrogens is 2. The van der Waals surface area contributed by atoms with Crippen LogP contribution in [0.15, 0.2) is 55.6 Å². The number of benzene rings is 1. The molecule has 1 heterocycles. The molecule has 2 rings (SSSR count). The summed E-state index contributed by atoms with van der Waals surface area (Å²) in [5, 5.41) is 0. The molecule has 0 unspecified atom stereocenters. The van der Waals surface area contributed by atoms with Crippen LogP contribution in [0.2, 0.25) is 0 Å². The van der Waals surface area contributed by atoms with E-state index in [0.29, 0.717) is 6.26 Å². The van der Waals surface area contributed by atoms with Crippen molar-refractivity contribution in [1.82, 2.24) is 4.57 Å². The van der Waals surface area contributed by atoms with Gasteiger partial charge in [-0.3, -0.25) is 0 Å². The van der Waals surface area contributed by atoms with Crippen LogP contribution in [-0.2, 0) is 16.7 Å². The average molecular weight is 280 g/mol. The average Bonchev–Trinajstić information content (AvgIpc) is 2.76. The summed E-state index contributed by atoms with van der Waals surface area (Å²) in [5.41, 5.74) is 1.30. The van der Waals surface area contributed by atoms with E-state index in [1.165, 1.54) is 5.56 Å². The van der Waals surface area contributed by atoms with Crippen molar-refractivity contribution in [3.05, 3.63) is 61.2 Å². The zero-order valence-electron chi connectivity index (χ0n) is 10.6. The van der Waals surface area contributed by atoms with Crippen molar-refractivity contribution in [3.63, 3.8) is 0 Å². The maximum atomic E-state index is 9.08. The second kappa shape index (κ2) is 6.86. The number of rotatable bonds is 3. The first-order chi connectivity index (χ1) is 8.88. The molecule has 0 saturated carbocycles. The molecule has 0 aliphatic heterocycles. The molecule has 0 N–H and O–H groups in total. The first-order valence-corrected chi connectivity index (χ1v) is 7.34. The summed E-state index contributed by atoms with van der Waals surface area (Å²) < 4.78 is 31.3. The number of hydrogen-bond donors (Lipinski definition) is 0. The predicted molar refractivity (Wildman–Crippen MR) is 72.2 cm³/mol. The van der Waals surface area contributed by atoms with E-state index in [4.69, 9.17) is 13.0 Å². The van der Waals surface area contributed by atoms with Crippen molar-refractivity contribution in [2.24, 2.45) is 0 Å². The lowest BCUT2D eigenvalue weighted by atomic mass is 10.2. The SMILES string of the molecule is C=Cn1cc[n+](Cc2ccccc2)c1.CS(=O)(=O)[O-]. The van der Waals surface area contributed by atoms with Crippen LogP contribution in [0.1, 0.15) is 5.56 Å². The molecule has 2 aromatic rings. The summed E-state index contributed by atoms with van der Waals surface area (Å²) in [6.07, 6.45) is 8.42. The minimum atomic E-state index is -3.92. The third-order valence-corrected chi connectivity index (χ3v) is 2.13. The van der Waals surface area contributed by atoms with Crippen molar-refractivity contribution in [3.8, 4) is 0 Å². The van der Waals surface area contributed by atoms with Crippen molar-refractivity contribution in [1.29, 1.82) is 0 Å². The lowest BCUT2D eigenvalue weighted by molar-refractivity contribution is -0.687. The Morgan fingerprint density at radius 3 is 2.42 bits per heavy atom. The molecule has 0 amide bonds. The van der Waals surface area contributed by atoms with E-state index in [-0.39, 0.29) is 0 Å². The first-order valence-electron chi connectivity index (χ1n) is 5.52. The van der Waals surface area contributed by atoms with Crippen molar-refractivity contribution < 1.29 is 17.5 Å². The van der Waals surface area contributed by atoms with E-state index < -0.39 is 10.1 Å². The highest BCUT2D eigenvalue weighted by atomic mass is 32.2. The van der Waals surface area contributed by atoms with Crippen molar-refractivity contribution in [2.75, 3.05) is 6.26 Å². The van der Waals surface area contributed by atoms with Crippen LogP contribution in [0.5, 0.6) is 0 Å². The lowest BCUT2D eigenvalue weighted by Crippen LogP contribution is -2.31. The minimum absolute atomic E-state index is 0.604. The van der Waals surface area contributed by atoms with Gasteiger partial charge in [0.2, 0.25) is 6.33 Å². The van der Waals surface area contributed by atoms with Gasteiger partial charge in [-0.1, -0.05) is 36.9 Å². The molecule has 1 aromatic heterocycles. The second-order valence-corrected chi connectivity index (χ2v) is 5.31. The number of hydrogen-bond acceptors (Lipinski definition) is 3. The molecule has 102 valence electrons. The Morgan fingerprint density at radius 1 is 1.37 bits per heavy atom. The van der Waals surface area contributed by atoms with Gasteiger partial charge in [-0.15, -0.1) is 0 Å². The molecule has 0 radical (unpaired) electrons. The van der Waals surface area contributed by atoms with Gasteiger partial charge >= 0.3 is 0 Å². The molecule has 0 bridgehead atoms. The maximum absolute atomic E-state index is 9.08. The summed E-state index contributed by atoms with van der Waals surface area (Å²) in [6.45, 7) is 4.61. The summed E-state index contributed by atoms with van der Waals surface area (Å²) in [6, 6.07) is 10.4. The zero-order chi connectivity index (χ0) is 14.3. The van der Waals surface area contributed by atoms with Crippen molar-refractivity contribution in [2.45, 2.75) is 6.54 Å². The van der Waals surface area contributed by atoms with E-state index in [0.717, 1.165) is 6.54 Å². The molecular formula is C13H16N2O3S. The van der Waals surface area contributed by atoms with Gasteiger partial charge in [0, 0.05) is 6.26 Å². The molecule has 5 nitrogen and oxygen atoms in total. The van der Waals surface area contributed by atoms with Gasteiger partial charge in [-0.25, -0.2) is 17.6 Å². The van der Waals surface area contributed by atoms with E-state index in [2.05, 4.69) is 35.4 Å². The molecule has 0 saturated heterocycles. The third kappa shape index (κ3) is 7.17. The second-order valence-electron chi connectivity index (χ2n) is 3.91. The smallest absolute Gasteiger partial charge is 0.248 e. The normalized spacial score (nSPS) is 10.4. The Hall–Kier alpha value is -1.92. The van der Waals surface area contributed by atoms with Gasteiger partial charge in [0.05, 0.1) is 16.3 Å². The molecule has 0 aliphatic rings. The van der Waals surface area contributed by atoms with Crippen LogP contribution < -0.4 is 4.57 Å². The van der Waals surface area contributed by atoms with E-state index in [1.807, 2.05) is 29.4 Å². The number of imidazole rings is 1.